The minimum Gasteiger partial charge on any atom is -0.382 e. The van der Waals surface area contributed by atoms with Crippen molar-refractivity contribution in [3.8, 4) is 0 Å². The molecule has 0 saturated heterocycles. The zero-order chi connectivity index (χ0) is 13.1. The van der Waals surface area contributed by atoms with Crippen molar-refractivity contribution < 1.29 is 13.6 Å². The highest BCUT2D eigenvalue weighted by molar-refractivity contribution is 6.05. The maximum absolute atomic E-state index is 13.3. The normalized spacial score (nSPS) is 10.1. The summed E-state index contributed by atoms with van der Waals surface area (Å²) in [7, 11) is 0. The van der Waals surface area contributed by atoms with Crippen LogP contribution in [-0.2, 0) is 0 Å². The van der Waals surface area contributed by atoms with Crippen LogP contribution in [-0.4, -0.2) is 15.9 Å². The number of nitrogens with zero attached hydrogens (tertiary/aromatic N) is 2. The predicted octanol–water partition coefficient (Wildman–Crippen LogP) is 1.59. The van der Waals surface area contributed by atoms with Gasteiger partial charge in [-0.2, -0.15) is 0 Å². The molecular weight excluding hydrogens is 242 g/mol. The van der Waals surface area contributed by atoms with Gasteiger partial charge in [0.05, 0.1) is 5.69 Å². The monoisotopic (exact) mass is 250 g/mol. The van der Waals surface area contributed by atoms with E-state index in [4.69, 9.17) is 5.73 Å². The first-order valence-corrected chi connectivity index (χ1v) is 4.91. The number of carbonyl (C=O) groups excluding carboxylic acids is 1. The summed E-state index contributed by atoms with van der Waals surface area (Å²) >= 11 is 0. The molecule has 2 rings (SSSR count). The summed E-state index contributed by atoms with van der Waals surface area (Å²) in [6.07, 6.45) is 2.59. The maximum atomic E-state index is 13.3. The molecule has 0 aliphatic rings. The molecule has 0 aliphatic carbocycles. The van der Waals surface area contributed by atoms with Gasteiger partial charge in [0.2, 0.25) is 0 Å². The predicted molar refractivity (Wildman–Crippen MR) is 60.8 cm³/mol. The summed E-state index contributed by atoms with van der Waals surface area (Å²) in [6.45, 7) is 0. The number of anilines is 2. The number of carbonyl (C=O) groups is 1. The number of hydrogen-bond donors (Lipinski definition) is 2. The van der Waals surface area contributed by atoms with Crippen molar-refractivity contribution >= 4 is 17.4 Å². The van der Waals surface area contributed by atoms with Crippen molar-refractivity contribution in [1.29, 1.82) is 0 Å². The van der Waals surface area contributed by atoms with Crippen molar-refractivity contribution in [3.05, 3.63) is 47.9 Å². The van der Waals surface area contributed by atoms with Gasteiger partial charge >= 0.3 is 0 Å². The Hall–Kier alpha value is -2.57. The third kappa shape index (κ3) is 2.24. The first-order chi connectivity index (χ1) is 8.59. The zero-order valence-electron chi connectivity index (χ0n) is 9.02. The van der Waals surface area contributed by atoms with Crippen LogP contribution < -0.4 is 11.1 Å². The molecule has 2 aromatic rings. The molecule has 0 atom stereocenters. The highest BCUT2D eigenvalue weighted by atomic mass is 19.2. The SMILES string of the molecule is Nc1nccnc1C(=O)Nc1cccc(F)c1F. The Bertz CT molecular complexity index is 603. The second kappa shape index (κ2) is 4.74. The van der Waals surface area contributed by atoms with Crippen LogP contribution in [0.3, 0.4) is 0 Å². The second-order valence-corrected chi connectivity index (χ2v) is 3.35. The Labute approximate surface area is 101 Å². The largest absolute Gasteiger partial charge is 0.382 e. The van der Waals surface area contributed by atoms with E-state index in [1.807, 2.05) is 0 Å². The number of amides is 1. The molecule has 1 aromatic carbocycles. The Balaban J connectivity index is 2.27. The zero-order valence-corrected chi connectivity index (χ0v) is 9.02. The third-order valence-corrected chi connectivity index (χ3v) is 2.14. The minimum atomic E-state index is -1.15. The number of benzene rings is 1. The average molecular weight is 250 g/mol. The maximum Gasteiger partial charge on any atom is 0.278 e. The van der Waals surface area contributed by atoms with Crippen LogP contribution in [0.1, 0.15) is 10.5 Å². The number of rotatable bonds is 2. The molecule has 0 fully saturated rings. The summed E-state index contributed by atoms with van der Waals surface area (Å²) in [6, 6.07) is 3.44. The highest BCUT2D eigenvalue weighted by Crippen LogP contribution is 2.17. The lowest BCUT2D eigenvalue weighted by atomic mass is 10.2. The topological polar surface area (TPSA) is 80.9 Å². The summed E-state index contributed by atoms with van der Waals surface area (Å²) in [5.74, 6) is -3.05. The molecule has 1 aromatic heterocycles. The van der Waals surface area contributed by atoms with Crippen molar-refractivity contribution in [1.82, 2.24) is 9.97 Å². The van der Waals surface area contributed by atoms with E-state index in [0.29, 0.717) is 0 Å². The van der Waals surface area contributed by atoms with Gasteiger partial charge in [-0.3, -0.25) is 4.79 Å². The summed E-state index contributed by atoms with van der Waals surface area (Å²) in [5.41, 5.74) is 5.00. The molecule has 7 heteroatoms. The Morgan fingerprint density at radius 2 is 1.94 bits per heavy atom. The van der Waals surface area contributed by atoms with Gasteiger partial charge in [-0.15, -0.1) is 0 Å². The number of hydrogen-bond acceptors (Lipinski definition) is 4. The van der Waals surface area contributed by atoms with Crippen molar-refractivity contribution in [3.63, 3.8) is 0 Å². The van der Waals surface area contributed by atoms with Crippen LogP contribution in [0.4, 0.5) is 20.3 Å². The number of halogens is 2. The smallest absolute Gasteiger partial charge is 0.278 e. The molecule has 0 saturated carbocycles. The lowest BCUT2D eigenvalue weighted by Gasteiger charge is -2.07. The quantitative estimate of drug-likeness (QED) is 0.848. The molecule has 5 nitrogen and oxygen atoms in total. The molecule has 18 heavy (non-hydrogen) atoms. The number of nitrogens with one attached hydrogen (secondary N) is 1. The summed E-state index contributed by atoms with van der Waals surface area (Å²) < 4.78 is 26.3. The van der Waals surface area contributed by atoms with Gasteiger partial charge in [-0.25, -0.2) is 18.7 Å². The highest BCUT2D eigenvalue weighted by Gasteiger charge is 2.15. The van der Waals surface area contributed by atoms with Gasteiger partial charge in [0, 0.05) is 12.4 Å². The standard InChI is InChI=1S/C11H8F2N4O/c12-6-2-1-3-7(8(6)13)17-11(18)9-10(14)16-5-4-15-9/h1-5H,(H2,14,16)(H,17,18). The molecule has 0 aliphatic heterocycles. The van der Waals surface area contributed by atoms with Gasteiger partial charge < -0.3 is 11.1 Å². The van der Waals surface area contributed by atoms with Crippen LogP contribution in [0.25, 0.3) is 0 Å². The Kier molecular flexibility index (Phi) is 3.13. The molecule has 92 valence electrons. The molecule has 0 spiro atoms. The first kappa shape index (κ1) is 11.9. The Morgan fingerprint density at radius 1 is 1.22 bits per heavy atom. The fourth-order valence-electron chi connectivity index (χ4n) is 1.31. The summed E-state index contributed by atoms with van der Waals surface area (Å²) in [5, 5.41) is 2.17. The number of aromatic nitrogens is 2. The van der Waals surface area contributed by atoms with Gasteiger partial charge in [0.25, 0.3) is 5.91 Å². The van der Waals surface area contributed by atoms with Crippen LogP contribution >= 0.6 is 0 Å². The Morgan fingerprint density at radius 3 is 2.67 bits per heavy atom. The fourth-order valence-corrected chi connectivity index (χ4v) is 1.31. The van der Waals surface area contributed by atoms with Crippen molar-refractivity contribution in [2.45, 2.75) is 0 Å². The van der Waals surface area contributed by atoms with E-state index in [-0.39, 0.29) is 17.2 Å². The first-order valence-electron chi connectivity index (χ1n) is 4.91. The lowest BCUT2D eigenvalue weighted by molar-refractivity contribution is 0.102. The van der Waals surface area contributed by atoms with E-state index < -0.39 is 17.5 Å². The van der Waals surface area contributed by atoms with Gasteiger partial charge in [0.1, 0.15) is 0 Å². The van der Waals surface area contributed by atoms with E-state index in [9.17, 15) is 13.6 Å². The van der Waals surface area contributed by atoms with Crippen molar-refractivity contribution in [2.75, 3.05) is 11.1 Å². The number of nitrogens with two attached hydrogens (primary N) is 1. The van der Waals surface area contributed by atoms with Gasteiger partial charge in [0.15, 0.2) is 23.1 Å². The molecule has 0 bridgehead atoms. The van der Waals surface area contributed by atoms with Crippen LogP contribution in [0.5, 0.6) is 0 Å². The lowest BCUT2D eigenvalue weighted by Crippen LogP contribution is -2.17. The van der Waals surface area contributed by atoms with Gasteiger partial charge in [-0.1, -0.05) is 6.07 Å². The molecule has 1 heterocycles. The molecule has 1 amide bonds. The molecular formula is C11H8F2N4O. The average Bonchev–Trinajstić information content (AvgIpc) is 2.35. The molecule has 3 N–H and O–H groups in total. The van der Waals surface area contributed by atoms with E-state index in [1.165, 1.54) is 24.5 Å². The van der Waals surface area contributed by atoms with E-state index in [0.717, 1.165) is 6.07 Å². The molecule has 0 unspecified atom stereocenters. The van der Waals surface area contributed by atoms with Crippen LogP contribution in [0.2, 0.25) is 0 Å². The minimum absolute atomic E-state index is 0.0909. The van der Waals surface area contributed by atoms with Crippen LogP contribution in [0, 0.1) is 11.6 Å². The molecule has 0 radical (unpaired) electrons. The van der Waals surface area contributed by atoms with Crippen molar-refractivity contribution in [2.24, 2.45) is 0 Å². The summed E-state index contributed by atoms with van der Waals surface area (Å²) in [4.78, 5) is 19.1. The fraction of sp³-hybridized carbons (Fsp3) is 0. The van der Waals surface area contributed by atoms with E-state index in [2.05, 4.69) is 15.3 Å². The van der Waals surface area contributed by atoms with E-state index in [1.54, 1.807) is 0 Å². The second-order valence-electron chi connectivity index (χ2n) is 3.35. The third-order valence-electron chi connectivity index (χ3n) is 2.14. The number of nitrogen functional groups attached to an aromatic ring is 1. The van der Waals surface area contributed by atoms with E-state index >= 15 is 0 Å². The van der Waals surface area contributed by atoms with Crippen LogP contribution in [0.15, 0.2) is 30.6 Å². The van der Waals surface area contributed by atoms with Gasteiger partial charge in [-0.05, 0) is 12.1 Å².